The van der Waals surface area contributed by atoms with E-state index in [1.165, 1.54) is 5.01 Å². The van der Waals surface area contributed by atoms with Gasteiger partial charge in [-0.1, -0.05) is 60.7 Å². The van der Waals surface area contributed by atoms with E-state index in [-0.39, 0.29) is 11.9 Å². The zero-order valence-corrected chi connectivity index (χ0v) is 11.0. The predicted octanol–water partition coefficient (Wildman–Crippen LogP) is 2.69. The number of hydrogen-bond acceptors (Lipinski definition) is 2. The summed E-state index contributed by atoms with van der Waals surface area (Å²) in [5.74, 6) is 5.84. The van der Waals surface area contributed by atoms with Gasteiger partial charge in [0.1, 0.15) is 0 Å². The first-order valence-electron chi connectivity index (χ1n) is 6.34. The Morgan fingerprint density at radius 3 is 2.16 bits per heavy atom. The summed E-state index contributed by atoms with van der Waals surface area (Å²) in [6.45, 7) is 1.93. The fraction of sp³-hybridized carbons (Fsp3) is 0.188. The number of nitrogens with zero attached hydrogens (tertiary/aromatic N) is 1. The first-order chi connectivity index (χ1) is 9.18. The number of rotatable bonds is 4. The van der Waals surface area contributed by atoms with Crippen LogP contribution in [0.5, 0.6) is 0 Å². The van der Waals surface area contributed by atoms with Crippen molar-refractivity contribution in [2.45, 2.75) is 19.4 Å². The second-order valence-electron chi connectivity index (χ2n) is 4.55. The summed E-state index contributed by atoms with van der Waals surface area (Å²) in [5, 5.41) is 1.31. The molecule has 1 amide bonds. The van der Waals surface area contributed by atoms with Gasteiger partial charge >= 0.3 is 0 Å². The maximum absolute atomic E-state index is 12.1. The lowest BCUT2D eigenvalue weighted by molar-refractivity contribution is -0.133. The van der Waals surface area contributed by atoms with E-state index >= 15 is 0 Å². The Labute approximate surface area is 113 Å². The maximum Gasteiger partial charge on any atom is 0.241 e. The minimum atomic E-state index is -0.127. The summed E-state index contributed by atoms with van der Waals surface area (Å²) in [6, 6.07) is 19.3. The molecule has 2 aromatic carbocycles. The van der Waals surface area contributed by atoms with Gasteiger partial charge in [0.2, 0.25) is 5.91 Å². The summed E-state index contributed by atoms with van der Waals surface area (Å²) in [5.41, 5.74) is 2.01. The van der Waals surface area contributed by atoms with Crippen molar-refractivity contribution in [3.63, 3.8) is 0 Å². The lowest BCUT2D eigenvalue weighted by atomic mass is 10.1. The molecule has 19 heavy (non-hydrogen) atoms. The monoisotopic (exact) mass is 254 g/mol. The van der Waals surface area contributed by atoms with Crippen molar-refractivity contribution >= 4 is 5.91 Å². The molecular weight excluding hydrogens is 236 g/mol. The van der Waals surface area contributed by atoms with E-state index < -0.39 is 0 Å². The van der Waals surface area contributed by atoms with Crippen LogP contribution in [0.15, 0.2) is 60.7 Å². The van der Waals surface area contributed by atoms with Crippen molar-refractivity contribution in [3.8, 4) is 0 Å². The summed E-state index contributed by atoms with van der Waals surface area (Å²) in [4.78, 5) is 12.1. The van der Waals surface area contributed by atoms with E-state index in [1.54, 1.807) is 0 Å². The number of carbonyl (C=O) groups excluding carboxylic acids is 1. The van der Waals surface area contributed by atoms with Crippen LogP contribution in [0.25, 0.3) is 0 Å². The van der Waals surface area contributed by atoms with E-state index in [0.29, 0.717) is 6.42 Å². The summed E-state index contributed by atoms with van der Waals surface area (Å²) >= 11 is 0. The molecule has 0 aliphatic rings. The van der Waals surface area contributed by atoms with Gasteiger partial charge in [-0.3, -0.25) is 9.80 Å². The van der Waals surface area contributed by atoms with Crippen LogP contribution in [0.1, 0.15) is 24.1 Å². The lowest BCUT2D eigenvalue weighted by Gasteiger charge is -2.24. The van der Waals surface area contributed by atoms with Gasteiger partial charge in [-0.05, 0) is 18.1 Å². The summed E-state index contributed by atoms with van der Waals surface area (Å²) < 4.78 is 0. The molecule has 0 fully saturated rings. The molecule has 0 bridgehead atoms. The van der Waals surface area contributed by atoms with Crippen molar-refractivity contribution < 1.29 is 4.79 Å². The Hall–Kier alpha value is -2.13. The molecule has 0 saturated carbocycles. The van der Waals surface area contributed by atoms with Crippen LogP contribution in [-0.4, -0.2) is 10.9 Å². The van der Waals surface area contributed by atoms with Crippen LogP contribution in [0.2, 0.25) is 0 Å². The molecule has 0 radical (unpaired) electrons. The highest BCUT2D eigenvalue weighted by molar-refractivity contribution is 5.78. The van der Waals surface area contributed by atoms with Crippen LogP contribution >= 0.6 is 0 Å². The molecule has 0 spiro atoms. The fourth-order valence-electron chi connectivity index (χ4n) is 1.97. The average molecular weight is 254 g/mol. The number of carbonyl (C=O) groups is 1. The third kappa shape index (κ3) is 3.42. The molecule has 0 aliphatic carbocycles. The number of hydrogen-bond donors (Lipinski definition) is 1. The number of benzene rings is 2. The van der Waals surface area contributed by atoms with Crippen LogP contribution in [0, 0.1) is 0 Å². The van der Waals surface area contributed by atoms with Crippen LogP contribution in [0.4, 0.5) is 0 Å². The van der Waals surface area contributed by atoms with Crippen molar-refractivity contribution in [2.24, 2.45) is 5.84 Å². The lowest BCUT2D eigenvalue weighted by Crippen LogP contribution is -2.40. The normalized spacial score (nSPS) is 11.9. The average Bonchev–Trinajstić information content (AvgIpc) is 2.47. The largest absolute Gasteiger partial charge is 0.273 e. The van der Waals surface area contributed by atoms with Gasteiger partial charge in [0, 0.05) is 0 Å². The van der Waals surface area contributed by atoms with Crippen LogP contribution in [0.3, 0.4) is 0 Å². The summed E-state index contributed by atoms with van der Waals surface area (Å²) in [6.07, 6.45) is 0.328. The Morgan fingerprint density at radius 1 is 1.05 bits per heavy atom. The molecule has 0 aromatic heterocycles. The minimum absolute atomic E-state index is 0.0810. The van der Waals surface area contributed by atoms with Crippen LogP contribution < -0.4 is 5.84 Å². The zero-order chi connectivity index (χ0) is 13.7. The molecule has 3 nitrogen and oxygen atoms in total. The molecule has 2 N–H and O–H groups in total. The van der Waals surface area contributed by atoms with E-state index in [0.717, 1.165) is 11.1 Å². The third-order valence-corrected chi connectivity index (χ3v) is 3.19. The second-order valence-corrected chi connectivity index (χ2v) is 4.55. The Bertz CT molecular complexity index is 525. The first-order valence-corrected chi connectivity index (χ1v) is 6.34. The van der Waals surface area contributed by atoms with Gasteiger partial charge < -0.3 is 0 Å². The molecule has 0 aliphatic heterocycles. The smallest absolute Gasteiger partial charge is 0.241 e. The van der Waals surface area contributed by atoms with E-state index in [2.05, 4.69) is 0 Å². The SMILES string of the molecule is C[C@@H](c1ccccc1)N(N)C(=O)Cc1ccccc1. The van der Waals surface area contributed by atoms with Gasteiger partial charge in [-0.2, -0.15) is 0 Å². The molecule has 0 unspecified atom stereocenters. The zero-order valence-electron chi connectivity index (χ0n) is 11.0. The Morgan fingerprint density at radius 2 is 1.58 bits per heavy atom. The van der Waals surface area contributed by atoms with Crippen molar-refractivity contribution in [3.05, 3.63) is 71.8 Å². The number of hydrazine groups is 1. The Balaban J connectivity index is 2.03. The predicted molar refractivity (Wildman–Crippen MR) is 76.0 cm³/mol. The topological polar surface area (TPSA) is 46.3 Å². The second kappa shape index (κ2) is 6.16. The van der Waals surface area contributed by atoms with Gasteiger partial charge in [-0.25, -0.2) is 5.84 Å². The van der Waals surface area contributed by atoms with Crippen LogP contribution in [-0.2, 0) is 11.2 Å². The number of nitrogens with two attached hydrogens (primary N) is 1. The highest BCUT2D eigenvalue weighted by atomic mass is 16.2. The van der Waals surface area contributed by atoms with Gasteiger partial charge in [0.25, 0.3) is 0 Å². The summed E-state index contributed by atoms with van der Waals surface area (Å²) in [7, 11) is 0. The van der Waals surface area contributed by atoms with Gasteiger partial charge in [0.15, 0.2) is 0 Å². The van der Waals surface area contributed by atoms with E-state index in [9.17, 15) is 4.79 Å². The first kappa shape index (κ1) is 13.3. The highest BCUT2D eigenvalue weighted by Gasteiger charge is 2.18. The minimum Gasteiger partial charge on any atom is -0.273 e. The fourth-order valence-corrected chi connectivity index (χ4v) is 1.97. The number of amides is 1. The highest BCUT2D eigenvalue weighted by Crippen LogP contribution is 2.17. The molecule has 2 rings (SSSR count). The van der Waals surface area contributed by atoms with Crippen molar-refractivity contribution in [2.75, 3.05) is 0 Å². The van der Waals surface area contributed by atoms with Crippen molar-refractivity contribution in [1.29, 1.82) is 0 Å². The quantitative estimate of drug-likeness (QED) is 0.518. The van der Waals surface area contributed by atoms with E-state index in [1.807, 2.05) is 67.6 Å². The van der Waals surface area contributed by atoms with Gasteiger partial charge in [0.05, 0.1) is 12.5 Å². The third-order valence-electron chi connectivity index (χ3n) is 3.19. The van der Waals surface area contributed by atoms with Gasteiger partial charge in [-0.15, -0.1) is 0 Å². The molecule has 1 atom stereocenters. The molecular formula is C16H18N2O. The molecule has 2 aromatic rings. The molecule has 0 saturated heterocycles. The van der Waals surface area contributed by atoms with Crippen molar-refractivity contribution in [1.82, 2.24) is 5.01 Å². The molecule has 3 heteroatoms. The standard InChI is InChI=1S/C16H18N2O/c1-13(15-10-6-3-7-11-15)18(17)16(19)12-14-8-4-2-5-9-14/h2-11,13H,12,17H2,1H3/t13-/m0/s1. The Kier molecular flexibility index (Phi) is 4.31. The molecule has 0 heterocycles. The molecule has 98 valence electrons. The maximum atomic E-state index is 12.1. The van der Waals surface area contributed by atoms with E-state index in [4.69, 9.17) is 5.84 Å².